The molecule has 1 aromatic rings. The molecule has 1 saturated heterocycles. The molecule has 0 aromatic carbocycles. The summed E-state index contributed by atoms with van der Waals surface area (Å²) in [5.74, 6) is 0.500. The van der Waals surface area contributed by atoms with Gasteiger partial charge in [-0.3, -0.25) is 0 Å². The van der Waals surface area contributed by atoms with Crippen molar-refractivity contribution in [3.8, 4) is 0 Å². The Morgan fingerprint density at radius 3 is 2.82 bits per heavy atom. The van der Waals surface area contributed by atoms with Gasteiger partial charge in [0, 0.05) is 12.1 Å². The Morgan fingerprint density at radius 2 is 2.29 bits per heavy atom. The van der Waals surface area contributed by atoms with E-state index in [0.29, 0.717) is 11.0 Å². The van der Waals surface area contributed by atoms with E-state index in [9.17, 15) is 0 Å². The second kappa shape index (κ2) is 4.40. The Kier molecular flexibility index (Phi) is 2.90. The fraction of sp³-hybridized carbons (Fsp3) is 0.583. The van der Waals surface area contributed by atoms with E-state index < -0.39 is 0 Å². The van der Waals surface area contributed by atoms with Crippen LogP contribution in [-0.4, -0.2) is 17.6 Å². The van der Waals surface area contributed by atoms with Crippen LogP contribution in [0.15, 0.2) is 12.3 Å². The quantitative estimate of drug-likeness (QED) is 0.879. The van der Waals surface area contributed by atoms with Crippen molar-refractivity contribution in [1.82, 2.24) is 4.98 Å². The van der Waals surface area contributed by atoms with Crippen molar-refractivity contribution < 1.29 is 9.47 Å². The molecule has 2 N–H and O–H groups in total. The second-order valence-electron chi connectivity index (χ2n) is 4.53. The van der Waals surface area contributed by atoms with Gasteiger partial charge in [0.1, 0.15) is 0 Å². The van der Waals surface area contributed by atoms with Gasteiger partial charge in [-0.25, -0.2) is 4.98 Å². The minimum Gasteiger partial charge on any atom is -0.375 e. The van der Waals surface area contributed by atoms with Crippen LogP contribution in [-0.2, 0) is 9.47 Å². The molecule has 5 heteroatoms. The highest BCUT2D eigenvalue weighted by Crippen LogP contribution is 2.38. The van der Waals surface area contributed by atoms with Crippen LogP contribution in [0.3, 0.4) is 0 Å². The summed E-state index contributed by atoms with van der Waals surface area (Å²) in [6.45, 7) is 1.93. The summed E-state index contributed by atoms with van der Waals surface area (Å²) in [6, 6.07) is 0. The zero-order valence-electron chi connectivity index (χ0n) is 9.76. The van der Waals surface area contributed by atoms with E-state index in [2.05, 4.69) is 11.1 Å². The number of hydrogen-bond donors (Lipinski definition) is 1. The number of allylic oxidation sites excluding steroid dienone is 2. The molecule has 0 radical (unpaired) electrons. The van der Waals surface area contributed by atoms with Gasteiger partial charge in [-0.2, -0.15) is 0 Å². The fourth-order valence-electron chi connectivity index (χ4n) is 2.37. The molecule has 1 aliphatic heterocycles. The van der Waals surface area contributed by atoms with Crippen molar-refractivity contribution in [2.75, 3.05) is 5.73 Å². The minimum absolute atomic E-state index is 0.00864. The van der Waals surface area contributed by atoms with E-state index in [4.69, 9.17) is 15.2 Å². The monoisotopic (exact) mass is 252 g/mol. The van der Waals surface area contributed by atoms with Crippen molar-refractivity contribution in [3.63, 3.8) is 0 Å². The molecule has 1 aromatic heterocycles. The maximum atomic E-state index is 5.65. The maximum absolute atomic E-state index is 5.65. The number of hydrogen-bond acceptors (Lipinski definition) is 5. The van der Waals surface area contributed by atoms with Crippen LogP contribution in [0.2, 0.25) is 0 Å². The SMILES string of the molecule is CC1OC(C2CC=C(c3cnc(N)s3)CC2)O1. The number of thiazole rings is 1. The number of anilines is 1. The second-order valence-corrected chi connectivity index (χ2v) is 5.60. The van der Waals surface area contributed by atoms with Crippen molar-refractivity contribution in [2.24, 2.45) is 5.92 Å². The number of aromatic nitrogens is 1. The van der Waals surface area contributed by atoms with Gasteiger partial charge in [0.15, 0.2) is 17.7 Å². The standard InChI is InChI=1S/C12H16N2O2S/c1-7-15-11(16-7)9-4-2-8(3-5-9)10-6-14-12(13)17-10/h2,6-7,9,11H,3-5H2,1H3,(H2,13,14). The first-order chi connectivity index (χ1) is 8.22. The molecule has 92 valence electrons. The lowest BCUT2D eigenvalue weighted by Gasteiger charge is -2.40. The molecular weight excluding hydrogens is 236 g/mol. The molecule has 1 unspecified atom stereocenters. The van der Waals surface area contributed by atoms with Crippen molar-refractivity contribution >= 4 is 22.0 Å². The van der Waals surface area contributed by atoms with Gasteiger partial charge >= 0.3 is 0 Å². The van der Waals surface area contributed by atoms with Gasteiger partial charge < -0.3 is 15.2 Å². The summed E-state index contributed by atoms with van der Waals surface area (Å²) in [5, 5.41) is 0.641. The smallest absolute Gasteiger partial charge is 0.180 e. The highest BCUT2D eigenvalue weighted by molar-refractivity contribution is 7.16. The highest BCUT2D eigenvalue weighted by Gasteiger charge is 2.35. The van der Waals surface area contributed by atoms with E-state index >= 15 is 0 Å². The van der Waals surface area contributed by atoms with Gasteiger partial charge in [0.05, 0.1) is 4.88 Å². The number of nitrogens with two attached hydrogens (primary N) is 1. The number of rotatable bonds is 2. The van der Waals surface area contributed by atoms with Crippen molar-refractivity contribution in [3.05, 3.63) is 17.2 Å². The Bertz CT molecular complexity index is 437. The maximum Gasteiger partial charge on any atom is 0.180 e. The number of nitrogens with zero attached hydrogens (tertiary/aromatic N) is 1. The molecule has 17 heavy (non-hydrogen) atoms. The Morgan fingerprint density at radius 1 is 1.47 bits per heavy atom. The van der Waals surface area contributed by atoms with Gasteiger partial charge in [0.25, 0.3) is 0 Å². The Labute approximate surface area is 104 Å². The third-order valence-electron chi connectivity index (χ3n) is 3.33. The molecule has 1 atom stereocenters. The predicted octanol–water partition coefficient (Wildman–Crippen LogP) is 2.63. The van der Waals surface area contributed by atoms with Crippen molar-refractivity contribution in [1.29, 1.82) is 0 Å². The first kappa shape index (κ1) is 11.2. The lowest BCUT2D eigenvalue weighted by molar-refractivity contribution is -0.392. The van der Waals surface area contributed by atoms with Crippen LogP contribution >= 0.6 is 11.3 Å². The summed E-state index contributed by atoms with van der Waals surface area (Å²) >= 11 is 1.56. The zero-order valence-corrected chi connectivity index (χ0v) is 10.6. The third kappa shape index (κ3) is 2.22. The fourth-order valence-corrected chi connectivity index (χ4v) is 3.12. The molecule has 0 bridgehead atoms. The van der Waals surface area contributed by atoms with E-state index in [1.807, 2.05) is 13.1 Å². The van der Waals surface area contributed by atoms with Gasteiger partial charge in [0.2, 0.25) is 0 Å². The molecule has 2 heterocycles. The normalized spacial score (nSPS) is 33.0. The zero-order chi connectivity index (χ0) is 11.8. The molecule has 0 saturated carbocycles. The molecule has 1 aliphatic carbocycles. The first-order valence-corrected chi connectivity index (χ1v) is 6.75. The van der Waals surface area contributed by atoms with Crippen LogP contribution in [0, 0.1) is 5.92 Å². The van der Waals surface area contributed by atoms with Gasteiger partial charge in [-0.15, -0.1) is 0 Å². The lowest BCUT2D eigenvalue weighted by Crippen LogP contribution is -2.44. The average Bonchev–Trinajstić information content (AvgIpc) is 2.72. The number of ether oxygens (including phenoxy) is 2. The highest BCUT2D eigenvalue weighted by atomic mass is 32.1. The largest absolute Gasteiger partial charge is 0.375 e. The molecule has 0 amide bonds. The summed E-state index contributed by atoms with van der Waals surface area (Å²) in [6.07, 6.45) is 7.32. The summed E-state index contributed by atoms with van der Waals surface area (Å²) in [5.41, 5.74) is 7.01. The average molecular weight is 252 g/mol. The van der Waals surface area contributed by atoms with Crippen LogP contribution in [0.5, 0.6) is 0 Å². The summed E-state index contributed by atoms with van der Waals surface area (Å²) in [7, 11) is 0. The lowest BCUT2D eigenvalue weighted by atomic mass is 9.88. The van der Waals surface area contributed by atoms with E-state index in [1.165, 1.54) is 10.5 Å². The van der Waals surface area contributed by atoms with E-state index in [-0.39, 0.29) is 12.6 Å². The Balaban J connectivity index is 1.63. The number of nitrogen functional groups attached to an aromatic ring is 1. The van der Waals surface area contributed by atoms with Crippen LogP contribution in [0.4, 0.5) is 5.13 Å². The third-order valence-corrected chi connectivity index (χ3v) is 4.23. The van der Waals surface area contributed by atoms with E-state index in [0.717, 1.165) is 19.3 Å². The van der Waals surface area contributed by atoms with Crippen LogP contribution in [0.25, 0.3) is 5.57 Å². The summed E-state index contributed by atoms with van der Waals surface area (Å²) < 4.78 is 11.1. The van der Waals surface area contributed by atoms with Gasteiger partial charge in [-0.1, -0.05) is 17.4 Å². The molecule has 3 rings (SSSR count). The van der Waals surface area contributed by atoms with Crippen LogP contribution in [0.1, 0.15) is 31.1 Å². The molecule has 1 fully saturated rings. The molecule has 4 nitrogen and oxygen atoms in total. The van der Waals surface area contributed by atoms with Gasteiger partial charge in [-0.05, 0) is 31.8 Å². The van der Waals surface area contributed by atoms with Crippen molar-refractivity contribution in [2.45, 2.75) is 38.8 Å². The first-order valence-electron chi connectivity index (χ1n) is 5.94. The Hall–Kier alpha value is -0.910. The predicted molar refractivity (Wildman–Crippen MR) is 67.3 cm³/mol. The minimum atomic E-state index is -0.0216. The molecule has 2 aliphatic rings. The van der Waals surface area contributed by atoms with E-state index in [1.54, 1.807) is 11.3 Å². The van der Waals surface area contributed by atoms with Crippen LogP contribution < -0.4 is 5.73 Å². The topological polar surface area (TPSA) is 57.4 Å². The molecule has 0 spiro atoms. The summed E-state index contributed by atoms with van der Waals surface area (Å²) in [4.78, 5) is 5.29. The molecular formula is C12H16N2O2S.